The highest BCUT2D eigenvalue weighted by molar-refractivity contribution is 5.75. The molecule has 2 atom stereocenters. The van der Waals surface area contributed by atoms with E-state index in [1.165, 1.54) is 0 Å². The van der Waals surface area contributed by atoms with Gasteiger partial charge >= 0.3 is 12.1 Å². The van der Waals surface area contributed by atoms with Gasteiger partial charge in [-0.25, -0.2) is 4.79 Å². The van der Waals surface area contributed by atoms with Crippen molar-refractivity contribution in [3.63, 3.8) is 0 Å². The second kappa shape index (κ2) is 6.62. The van der Waals surface area contributed by atoms with Crippen LogP contribution in [0.5, 0.6) is 0 Å². The van der Waals surface area contributed by atoms with Gasteiger partial charge in [0.2, 0.25) is 0 Å². The molecule has 7 nitrogen and oxygen atoms in total. The lowest BCUT2D eigenvalue weighted by molar-refractivity contribution is -0.143. The Morgan fingerprint density at radius 1 is 1.24 bits per heavy atom. The highest BCUT2D eigenvalue weighted by Crippen LogP contribution is 2.32. The number of rotatable bonds is 4. The Labute approximate surface area is 124 Å². The quantitative estimate of drug-likeness (QED) is 0.614. The average molecular weight is 302 g/mol. The zero-order valence-electron chi connectivity index (χ0n) is 12.9. The number of aliphatic carboxylic acids is 1. The average Bonchev–Trinajstić information content (AvgIpc) is 2.35. The van der Waals surface area contributed by atoms with Crippen molar-refractivity contribution in [2.75, 3.05) is 0 Å². The number of aliphatic hydroxyl groups is 1. The van der Waals surface area contributed by atoms with Crippen molar-refractivity contribution in [3.8, 4) is 0 Å². The molecule has 0 saturated heterocycles. The van der Waals surface area contributed by atoms with Crippen LogP contribution in [-0.4, -0.2) is 45.6 Å². The van der Waals surface area contributed by atoms with Crippen molar-refractivity contribution in [1.29, 1.82) is 0 Å². The molecule has 1 amide bonds. The van der Waals surface area contributed by atoms with Crippen molar-refractivity contribution in [2.24, 2.45) is 5.73 Å². The first kappa shape index (κ1) is 17.7. The Balaban J connectivity index is 2.88. The van der Waals surface area contributed by atoms with Gasteiger partial charge in [0.05, 0.1) is 5.54 Å². The van der Waals surface area contributed by atoms with Gasteiger partial charge in [-0.05, 0) is 33.6 Å². The predicted octanol–water partition coefficient (Wildman–Crippen LogP) is 0.987. The molecule has 2 unspecified atom stereocenters. The Bertz CT molecular complexity index is 385. The molecule has 21 heavy (non-hydrogen) atoms. The lowest BCUT2D eigenvalue weighted by Gasteiger charge is -2.43. The molecule has 0 aromatic rings. The number of carboxylic acids is 1. The van der Waals surface area contributed by atoms with Gasteiger partial charge in [-0.2, -0.15) is 0 Å². The zero-order chi connectivity index (χ0) is 16.3. The SMILES string of the molecule is CC(C)(C)OC(=O)NC1(C(O)C(N)C(=O)O)CCCCC1. The smallest absolute Gasteiger partial charge is 0.408 e. The summed E-state index contributed by atoms with van der Waals surface area (Å²) in [6, 6.07) is -1.45. The van der Waals surface area contributed by atoms with Gasteiger partial charge in [-0.1, -0.05) is 19.3 Å². The van der Waals surface area contributed by atoms with E-state index in [-0.39, 0.29) is 0 Å². The van der Waals surface area contributed by atoms with E-state index in [0.29, 0.717) is 12.8 Å². The number of carbonyl (C=O) groups is 2. The minimum atomic E-state index is -1.45. The molecule has 0 aromatic carbocycles. The number of nitrogens with two attached hydrogens (primary N) is 1. The lowest BCUT2D eigenvalue weighted by Crippen LogP contribution is -2.64. The Morgan fingerprint density at radius 2 is 1.76 bits per heavy atom. The summed E-state index contributed by atoms with van der Waals surface area (Å²) in [6.45, 7) is 5.21. The van der Waals surface area contributed by atoms with E-state index in [2.05, 4.69) is 5.32 Å². The summed E-state index contributed by atoms with van der Waals surface area (Å²) in [4.78, 5) is 23.0. The van der Waals surface area contributed by atoms with Gasteiger partial charge in [0.1, 0.15) is 17.7 Å². The van der Waals surface area contributed by atoms with E-state index in [4.69, 9.17) is 15.6 Å². The molecule has 1 fully saturated rings. The maximum absolute atomic E-state index is 12.0. The minimum absolute atomic E-state index is 0.481. The molecule has 0 spiro atoms. The van der Waals surface area contributed by atoms with Gasteiger partial charge in [0, 0.05) is 0 Å². The molecule has 0 radical (unpaired) electrons. The minimum Gasteiger partial charge on any atom is -0.480 e. The molecular formula is C14H26N2O5. The Kier molecular flexibility index (Phi) is 5.58. The third-order valence-corrected chi connectivity index (χ3v) is 3.69. The van der Waals surface area contributed by atoms with Crippen LogP contribution in [0.15, 0.2) is 0 Å². The third kappa shape index (κ3) is 4.86. The number of amides is 1. The van der Waals surface area contributed by atoms with Crippen LogP contribution >= 0.6 is 0 Å². The van der Waals surface area contributed by atoms with Gasteiger partial charge in [0.25, 0.3) is 0 Å². The van der Waals surface area contributed by atoms with Gasteiger partial charge in [-0.15, -0.1) is 0 Å². The largest absolute Gasteiger partial charge is 0.480 e. The summed E-state index contributed by atoms with van der Waals surface area (Å²) < 4.78 is 5.21. The van der Waals surface area contributed by atoms with Crippen LogP contribution in [-0.2, 0) is 9.53 Å². The van der Waals surface area contributed by atoms with Crippen LogP contribution in [0.1, 0.15) is 52.9 Å². The van der Waals surface area contributed by atoms with E-state index in [0.717, 1.165) is 19.3 Å². The molecule has 7 heteroatoms. The summed E-state index contributed by atoms with van der Waals surface area (Å²) in [5, 5.41) is 22.0. The van der Waals surface area contributed by atoms with Crippen molar-refractivity contribution in [3.05, 3.63) is 0 Å². The van der Waals surface area contributed by atoms with Crippen LogP contribution < -0.4 is 11.1 Å². The van der Waals surface area contributed by atoms with E-state index in [9.17, 15) is 14.7 Å². The molecule has 5 N–H and O–H groups in total. The number of carbonyl (C=O) groups excluding carboxylic acids is 1. The van der Waals surface area contributed by atoms with Crippen molar-refractivity contribution >= 4 is 12.1 Å². The first-order chi connectivity index (χ1) is 9.57. The number of aliphatic hydroxyl groups excluding tert-OH is 1. The molecule has 0 aliphatic heterocycles. The molecule has 1 aliphatic rings. The predicted molar refractivity (Wildman–Crippen MR) is 76.8 cm³/mol. The fourth-order valence-electron chi connectivity index (χ4n) is 2.66. The van der Waals surface area contributed by atoms with Crippen LogP contribution in [0.3, 0.4) is 0 Å². The summed E-state index contributed by atoms with van der Waals surface area (Å²) in [7, 11) is 0. The van der Waals surface area contributed by atoms with Gasteiger partial charge < -0.3 is 26.0 Å². The molecule has 0 aromatic heterocycles. The van der Waals surface area contributed by atoms with Crippen LogP contribution in [0.25, 0.3) is 0 Å². The summed E-state index contributed by atoms with van der Waals surface area (Å²) in [6.07, 6.45) is 1.50. The van der Waals surface area contributed by atoms with Crippen molar-refractivity contribution in [2.45, 2.75) is 76.2 Å². The topological polar surface area (TPSA) is 122 Å². The fourth-order valence-corrected chi connectivity index (χ4v) is 2.66. The first-order valence-electron chi connectivity index (χ1n) is 7.25. The first-order valence-corrected chi connectivity index (χ1v) is 7.25. The maximum Gasteiger partial charge on any atom is 0.408 e. The summed E-state index contributed by atoms with van der Waals surface area (Å²) in [5.74, 6) is -1.29. The van der Waals surface area contributed by atoms with Crippen molar-refractivity contribution in [1.82, 2.24) is 5.32 Å². The molecule has 0 bridgehead atoms. The summed E-state index contributed by atoms with van der Waals surface area (Å²) >= 11 is 0. The molecule has 1 aliphatic carbocycles. The van der Waals surface area contributed by atoms with Crippen LogP contribution in [0, 0.1) is 0 Å². The number of ether oxygens (including phenoxy) is 1. The standard InChI is InChI=1S/C14H26N2O5/c1-13(2,3)21-12(20)16-14(7-5-4-6-8-14)10(17)9(15)11(18)19/h9-10,17H,4-8,15H2,1-3H3,(H,16,20)(H,18,19). The number of hydrogen-bond donors (Lipinski definition) is 4. The molecule has 0 heterocycles. The number of carboxylic acid groups (broad SMARTS) is 1. The second-order valence-electron chi connectivity index (χ2n) is 6.65. The Hall–Kier alpha value is -1.34. The molecule has 1 saturated carbocycles. The zero-order valence-corrected chi connectivity index (χ0v) is 12.9. The van der Waals surface area contributed by atoms with E-state index >= 15 is 0 Å². The highest BCUT2D eigenvalue weighted by Gasteiger charge is 2.45. The van der Waals surface area contributed by atoms with E-state index in [1.54, 1.807) is 20.8 Å². The van der Waals surface area contributed by atoms with Crippen molar-refractivity contribution < 1.29 is 24.5 Å². The van der Waals surface area contributed by atoms with Crippen LogP contribution in [0.2, 0.25) is 0 Å². The van der Waals surface area contributed by atoms with E-state index in [1.807, 2.05) is 0 Å². The Morgan fingerprint density at radius 3 is 2.19 bits per heavy atom. The maximum atomic E-state index is 12.0. The number of nitrogens with one attached hydrogen (secondary N) is 1. The van der Waals surface area contributed by atoms with Gasteiger partial charge in [-0.3, -0.25) is 4.79 Å². The number of alkyl carbamates (subject to hydrolysis) is 1. The molecule has 122 valence electrons. The van der Waals surface area contributed by atoms with Crippen LogP contribution in [0.4, 0.5) is 4.79 Å². The third-order valence-electron chi connectivity index (χ3n) is 3.69. The fraction of sp³-hybridized carbons (Fsp3) is 0.857. The number of hydrogen-bond acceptors (Lipinski definition) is 5. The molecule has 1 rings (SSSR count). The summed E-state index contributed by atoms with van der Waals surface area (Å²) in [5.41, 5.74) is 3.83. The normalized spacial score (nSPS) is 21.2. The highest BCUT2D eigenvalue weighted by atomic mass is 16.6. The second-order valence-corrected chi connectivity index (χ2v) is 6.65. The monoisotopic (exact) mass is 302 g/mol. The lowest BCUT2D eigenvalue weighted by atomic mass is 9.75. The van der Waals surface area contributed by atoms with Gasteiger partial charge in [0.15, 0.2) is 0 Å². The van der Waals surface area contributed by atoms with E-state index < -0.39 is 35.3 Å². The molecular weight excluding hydrogens is 276 g/mol.